The third kappa shape index (κ3) is 3.18. The molecule has 16 heavy (non-hydrogen) atoms. The molecule has 0 aliphatic rings. The SMILES string of the molecule is CCc1c(Br)cccc1C(=O)CC(C)CC. The molecular weight excluding hydrogens is 264 g/mol. The summed E-state index contributed by atoms with van der Waals surface area (Å²) in [5, 5.41) is 0. The van der Waals surface area contributed by atoms with Crippen LogP contribution in [0.25, 0.3) is 0 Å². The van der Waals surface area contributed by atoms with Gasteiger partial charge in [-0.05, 0) is 24.0 Å². The highest BCUT2D eigenvalue weighted by Gasteiger charge is 2.14. The molecule has 88 valence electrons. The smallest absolute Gasteiger partial charge is 0.163 e. The molecule has 0 amide bonds. The lowest BCUT2D eigenvalue weighted by atomic mass is 9.94. The Labute approximate surface area is 106 Å². The Morgan fingerprint density at radius 3 is 2.62 bits per heavy atom. The fraction of sp³-hybridized carbons (Fsp3) is 0.500. The molecule has 1 aromatic carbocycles. The van der Waals surface area contributed by atoms with Gasteiger partial charge in [0.2, 0.25) is 0 Å². The van der Waals surface area contributed by atoms with Crippen LogP contribution in [0.3, 0.4) is 0 Å². The minimum atomic E-state index is 0.271. The third-order valence-electron chi connectivity index (χ3n) is 3.00. The molecule has 0 radical (unpaired) electrons. The first-order valence-electron chi connectivity index (χ1n) is 5.90. The van der Waals surface area contributed by atoms with E-state index in [0.29, 0.717) is 12.3 Å². The van der Waals surface area contributed by atoms with Crippen LogP contribution in [-0.2, 0) is 6.42 Å². The summed E-state index contributed by atoms with van der Waals surface area (Å²) in [6.45, 7) is 6.33. The van der Waals surface area contributed by atoms with Gasteiger partial charge in [-0.2, -0.15) is 0 Å². The van der Waals surface area contributed by atoms with Crippen molar-refractivity contribution < 1.29 is 4.79 Å². The quantitative estimate of drug-likeness (QED) is 0.720. The molecule has 0 fully saturated rings. The highest BCUT2D eigenvalue weighted by atomic mass is 79.9. The lowest BCUT2D eigenvalue weighted by Crippen LogP contribution is -2.08. The predicted molar refractivity (Wildman–Crippen MR) is 71.9 cm³/mol. The van der Waals surface area contributed by atoms with Gasteiger partial charge in [-0.25, -0.2) is 0 Å². The van der Waals surface area contributed by atoms with E-state index < -0.39 is 0 Å². The Bertz CT molecular complexity index is 371. The Morgan fingerprint density at radius 2 is 2.06 bits per heavy atom. The van der Waals surface area contributed by atoms with E-state index in [1.807, 2.05) is 18.2 Å². The maximum absolute atomic E-state index is 12.1. The van der Waals surface area contributed by atoms with Crippen molar-refractivity contribution in [2.75, 3.05) is 0 Å². The fourth-order valence-corrected chi connectivity index (χ4v) is 2.40. The highest BCUT2D eigenvalue weighted by molar-refractivity contribution is 9.10. The van der Waals surface area contributed by atoms with Crippen LogP contribution in [0.5, 0.6) is 0 Å². The minimum Gasteiger partial charge on any atom is -0.294 e. The van der Waals surface area contributed by atoms with Gasteiger partial charge in [0.25, 0.3) is 0 Å². The van der Waals surface area contributed by atoms with E-state index in [0.717, 1.165) is 28.4 Å². The van der Waals surface area contributed by atoms with Crippen LogP contribution in [-0.4, -0.2) is 5.78 Å². The van der Waals surface area contributed by atoms with Crippen molar-refractivity contribution in [2.24, 2.45) is 5.92 Å². The van der Waals surface area contributed by atoms with Gasteiger partial charge in [-0.3, -0.25) is 4.79 Å². The van der Waals surface area contributed by atoms with Crippen LogP contribution < -0.4 is 0 Å². The van der Waals surface area contributed by atoms with Crippen molar-refractivity contribution in [3.05, 3.63) is 33.8 Å². The summed E-state index contributed by atoms with van der Waals surface area (Å²) in [7, 11) is 0. The Kier molecular flexibility index (Phi) is 5.20. The number of ketones is 1. The largest absolute Gasteiger partial charge is 0.294 e. The second-order valence-corrected chi connectivity index (χ2v) is 5.11. The molecule has 1 aromatic rings. The maximum atomic E-state index is 12.1. The second kappa shape index (κ2) is 6.19. The molecule has 2 heteroatoms. The molecule has 0 bridgehead atoms. The average Bonchev–Trinajstić information content (AvgIpc) is 2.28. The molecule has 0 aromatic heterocycles. The molecular formula is C14H19BrO. The van der Waals surface area contributed by atoms with Gasteiger partial charge >= 0.3 is 0 Å². The van der Waals surface area contributed by atoms with Crippen LogP contribution in [0.15, 0.2) is 22.7 Å². The predicted octanol–water partition coefficient (Wildman–Crippen LogP) is 4.63. The molecule has 1 nitrogen and oxygen atoms in total. The Hall–Kier alpha value is -0.630. The van der Waals surface area contributed by atoms with E-state index in [2.05, 4.69) is 36.7 Å². The van der Waals surface area contributed by atoms with Gasteiger partial charge in [0, 0.05) is 16.5 Å². The topological polar surface area (TPSA) is 17.1 Å². The van der Waals surface area contributed by atoms with E-state index in [1.165, 1.54) is 0 Å². The summed E-state index contributed by atoms with van der Waals surface area (Å²) in [5.41, 5.74) is 2.02. The summed E-state index contributed by atoms with van der Waals surface area (Å²) in [5.74, 6) is 0.740. The van der Waals surface area contributed by atoms with Crippen LogP contribution in [0.1, 0.15) is 49.5 Å². The van der Waals surface area contributed by atoms with E-state index in [1.54, 1.807) is 0 Å². The summed E-state index contributed by atoms with van der Waals surface area (Å²) in [6, 6.07) is 5.88. The normalized spacial score (nSPS) is 12.5. The summed E-state index contributed by atoms with van der Waals surface area (Å²) < 4.78 is 1.05. The fourth-order valence-electron chi connectivity index (χ4n) is 1.75. The Morgan fingerprint density at radius 1 is 1.38 bits per heavy atom. The lowest BCUT2D eigenvalue weighted by Gasteiger charge is -2.11. The van der Waals surface area contributed by atoms with Crippen molar-refractivity contribution in [3.8, 4) is 0 Å². The van der Waals surface area contributed by atoms with Crippen molar-refractivity contribution in [2.45, 2.75) is 40.0 Å². The van der Waals surface area contributed by atoms with Gasteiger partial charge in [0.05, 0.1) is 0 Å². The Balaban J connectivity index is 2.95. The second-order valence-electron chi connectivity index (χ2n) is 4.26. The zero-order valence-electron chi connectivity index (χ0n) is 10.2. The number of hydrogen-bond acceptors (Lipinski definition) is 1. The van der Waals surface area contributed by atoms with Gasteiger partial charge < -0.3 is 0 Å². The van der Waals surface area contributed by atoms with Gasteiger partial charge in [-0.15, -0.1) is 0 Å². The molecule has 1 rings (SSSR count). The molecule has 0 aliphatic carbocycles. The summed E-state index contributed by atoms with van der Waals surface area (Å²) >= 11 is 3.51. The minimum absolute atomic E-state index is 0.271. The standard InChI is InChI=1S/C14H19BrO/c1-4-10(3)9-14(16)12-7-6-8-13(15)11(12)5-2/h6-8,10H,4-5,9H2,1-3H3. The number of Topliss-reactive ketones (excluding diaryl/α,β-unsaturated/α-hetero) is 1. The monoisotopic (exact) mass is 282 g/mol. The zero-order chi connectivity index (χ0) is 12.1. The number of hydrogen-bond donors (Lipinski definition) is 0. The number of carbonyl (C=O) groups excluding carboxylic acids is 1. The summed E-state index contributed by atoms with van der Waals surface area (Å²) in [4.78, 5) is 12.1. The molecule has 0 spiro atoms. The van der Waals surface area contributed by atoms with Crippen LogP contribution in [0.2, 0.25) is 0 Å². The molecule has 0 N–H and O–H groups in total. The highest BCUT2D eigenvalue weighted by Crippen LogP contribution is 2.23. The average molecular weight is 283 g/mol. The number of carbonyl (C=O) groups is 1. The molecule has 0 saturated carbocycles. The van der Waals surface area contributed by atoms with Crippen molar-refractivity contribution in [1.82, 2.24) is 0 Å². The van der Waals surface area contributed by atoms with Gasteiger partial charge in [0.1, 0.15) is 0 Å². The van der Waals surface area contributed by atoms with Crippen LogP contribution in [0.4, 0.5) is 0 Å². The first kappa shape index (κ1) is 13.4. The molecule has 1 atom stereocenters. The lowest BCUT2D eigenvalue weighted by molar-refractivity contribution is 0.0962. The number of benzene rings is 1. The summed E-state index contributed by atoms with van der Waals surface area (Å²) in [6.07, 6.45) is 2.60. The zero-order valence-corrected chi connectivity index (χ0v) is 11.8. The van der Waals surface area contributed by atoms with E-state index in [-0.39, 0.29) is 5.78 Å². The molecule has 1 unspecified atom stereocenters. The first-order valence-corrected chi connectivity index (χ1v) is 6.70. The first-order chi connectivity index (χ1) is 7.60. The number of halogens is 1. The van der Waals surface area contributed by atoms with Crippen molar-refractivity contribution in [1.29, 1.82) is 0 Å². The van der Waals surface area contributed by atoms with Crippen molar-refractivity contribution in [3.63, 3.8) is 0 Å². The maximum Gasteiger partial charge on any atom is 0.163 e. The molecule has 0 heterocycles. The molecule has 0 aliphatic heterocycles. The van der Waals surface area contributed by atoms with E-state index in [9.17, 15) is 4.79 Å². The number of rotatable bonds is 5. The third-order valence-corrected chi connectivity index (χ3v) is 3.75. The van der Waals surface area contributed by atoms with Gasteiger partial charge in [-0.1, -0.05) is 55.3 Å². The van der Waals surface area contributed by atoms with Crippen molar-refractivity contribution >= 4 is 21.7 Å². The van der Waals surface area contributed by atoms with Gasteiger partial charge in [0.15, 0.2) is 5.78 Å². The van der Waals surface area contributed by atoms with Crippen LogP contribution >= 0.6 is 15.9 Å². The van der Waals surface area contributed by atoms with E-state index >= 15 is 0 Å². The van der Waals surface area contributed by atoms with Crippen LogP contribution in [0, 0.1) is 5.92 Å². The molecule has 0 saturated heterocycles. The van der Waals surface area contributed by atoms with E-state index in [4.69, 9.17) is 0 Å².